The number of hydrogen-bond acceptors (Lipinski definition) is 4. The van der Waals surface area contributed by atoms with Gasteiger partial charge in [0.05, 0.1) is 5.57 Å². The van der Waals surface area contributed by atoms with Crippen LogP contribution in [-0.2, 0) is 6.54 Å². The first-order valence-corrected chi connectivity index (χ1v) is 7.95. The van der Waals surface area contributed by atoms with Crippen LogP contribution < -0.4 is 9.96 Å². The van der Waals surface area contributed by atoms with Gasteiger partial charge in [0.25, 0.3) is 5.82 Å². The SMILES string of the molecule is [O-][N+]1(Cc2ccccc2)C2=C(C=CCN2)C(Br)n2nncc21. The highest BCUT2D eigenvalue weighted by molar-refractivity contribution is 9.09. The summed E-state index contributed by atoms with van der Waals surface area (Å²) in [4.78, 5) is -0.181. The highest BCUT2D eigenvalue weighted by Gasteiger charge is 2.42. The van der Waals surface area contributed by atoms with Gasteiger partial charge < -0.3 is 10.5 Å². The predicted molar refractivity (Wildman–Crippen MR) is 87.5 cm³/mol. The van der Waals surface area contributed by atoms with Crippen molar-refractivity contribution in [2.45, 2.75) is 11.5 Å². The summed E-state index contributed by atoms with van der Waals surface area (Å²) in [6, 6.07) is 9.76. The van der Waals surface area contributed by atoms with E-state index in [1.807, 2.05) is 42.5 Å². The van der Waals surface area contributed by atoms with Crippen LogP contribution in [0.15, 0.2) is 60.1 Å². The summed E-state index contributed by atoms with van der Waals surface area (Å²) in [5.74, 6) is 1.18. The van der Waals surface area contributed by atoms with Crippen molar-refractivity contribution in [1.29, 1.82) is 0 Å². The molecule has 3 heterocycles. The van der Waals surface area contributed by atoms with E-state index in [2.05, 4.69) is 31.6 Å². The zero-order valence-corrected chi connectivity index (χ0v) is 13.3. The molecule has 0 aliphatic carbocycles. The van der Waals surface area contributed by atoms with Crippen LogP contribution in [0.4, 0.5) is 5.82 Å². The molecule has 1 aromatic heterocycles. The number of quaternary nitrogens is 1. The van der Waals surface area contributed by atoms with Gasteiger partial charge in [0, 0.05) is 12.1 Å². The average Bonchev–Trinajstić information content (AvgIpc) is 3.05. The van der Waals surface area contributed by atoms with Crippen LogP contribution in [0.5, 0.6) is 0 Å². The fraction of sp³-hybridized carbons (Fsp3) is 0.200. The van der Waals surface area contributed by atoms with Gasteiger partial charge in [-0.15, -0.1) is 5.10 Å². The molecule has 0 spiro atoms. The third-order valence-corrected chi connectivity index (χ3v) is 4.85. The maximum atomic E-state index is 13.7. The number of fused-ring (bicyclic) bond motifs is 1. The van der Waals surface area contributed by atoms with Crippen LogP contribution in [0.25, 0.3) is 0 Å². The van der Waals surface area contributed by atoms with Crippen molar-refractivity contribution in [1.82, 2.24) is 25.0 Å². The van der Waals surface area contributed by atoms with Gasteiger partial charge in [-0.1, -0.05) is 63.6 Å². The summed E-state index contributed by atoms with van der Waals surface area (Å²) in [5, 5.41) is 25.0. The minimum atomic E-state index is -0.612. The number of dihydropyridines is 1. The minimum Gasteiger partial charge on any atom is -0.619 e. The Kier molecular flexibility index (Phi) is 3.14. The summed E-state index contributed by atoms with van der Waals surface area (Å²) in [5.41, 5.74) is 1.87. The molecular weight excluding hydrogens is 346 g/mol. The minimum absolute atomic E-state index is 0.181. The van der Waals surface area contributed by atoms with Gasteiger partial charge in [-0.3, -0.25) is 4.65 Å². The molecule has 1 N–H and O–H groups in total. The monoisotopic (exact) mass is 359 g/mol. The van der Waals surface area contributed by atoms with Crippen molar-refractivity contribution in [2.75, 3.05) is 6.54 Å². The van der Waals surface area contributed by atoms with Gasteiger partial charge in [-0.05, 0) is 0 Å². The second kappa shape index (κ2) is 5.05. The number of allylic oxidation sites excluding steroid dienone is 2. The molecule has 2 atom stereocenters. The van der Waals surface area contributed by atoms with Crippen molar-refractivity contribution in [3.63, 3.8) is 0 Å². The lowest BCUT2D eigenvalue weighted by atomic mass is 10.1. The lowest BCUT2D eigenvalue weighted by Crippen LogP contribution is -2.52. The van der Waals surface area contributed by atoms with Gasteiger partial charge >= 0.3 is 0 Å². The molecule has 4 rings (SSSR count). The second-order valence-electron chi connectivity index (χ2n) is 5.34. The molecule has 2 aliphatic rings. The Balaban J connectivity index is 1.88. The van der Waals surface area contributed by atoms with Crippen molar-refractivity contribution in [3.8, 4) is 0 Å². The molecule has 6 nitrogen and oxygen atoms in total. The van der Waals surface area contributed by atoms with Crippen LogP contribution in [0.1, 0.15) is 10.5 Å². The number of nitrogens with one attached hydrogen (secondary N) is 1. The smallest absolute Gasteiger partial charge is 0.254 e. The zero-order valence-electron chi connectivity index (χ0n) is 11.7. The lowest BCUT2D eigenvalue weighted by molar-refractivity contribution is 0.357. The summed E-state index contributed by atoms with van der Waals surface area (Å²) in [6.07, 6.45) is 5.53. The normalized spacial score (nSPS) is 26.4. The Bertz CT molecular complexity index is 769. The summed E-state index contributed by atoms with van der Waals surface area (Å²) >= 11 is 3.61. The second-order valence-corrected chi connectivity index (χ2v) is 6.21. The molecular formula is C15H14BrN5O. The lowest BCUT2D eigenvalue weighted by Gasteiger charge is -2.46. The number of hydroxylamine groups is 2. The molecule has 2 aromatic rings. The van der Waals surface area contributed by atoms with Crippen molar-refractivity contribution < 1.29 is 0 Å². The van der Waals surface area contributed by atoms with Crippen LogP contribution in [0.3, 0.4) is 0 Å². The standard InChI is InChI=1S/C15H14BrN5O/c16-14-12-7-4-8-17-15(12)21(22,13-9-18-19-20(13)14)10-11-5-2-1-3-6-11/h1-7,9,14,17H,8,10H2. The molecule has 1 aromatic carbocycles. The first-order chi connectivity index (χ1) is 10.7. The van der Waals surface area contributed by atoms with Gasteiger partial charge in [0.2, 0.25) is 5.82 Å². The number of nitrogens with zero attached hydrogens (tertiary/aromatic N) is 4. The van der Waals surface area contributed by atoms with Crippen LogP contribution >= 0.6 is 15.9 Å². The number of hydrogen-bond donors (Lipinski definition) is 1. The van der Waals surface area contributed by atoms with Crippen LogP contribution in [0, 0.1) is 5.21 Å². The first-order valence-electron chi connectivity index (χ1n) is 7.03. The van der Waals surface area contributed by atoms with Crippen molar-refractivity contribution in [3.05, 3.63) is 70.8 Å². The summed E-state index contributed by atoms with van der Waals surface area (Å²) < 4.78 is 1.03. The van der Waals surface area contributed by atoms with E-state index in [1.54, 1.807) is 10.9 Å². The van der Waals surface area contributed by atoms with Gasteiger partial charge in [0.1, 0.15) is 17.7 Å². The van der Waals surface area contributed by atoms with Gasteiger partial charge in [0.15, 0.2) is 0 Å². The summed E-state index contributed by atoms with van der Waals surface area (Å²) in [7, 11) is 0. The Morgan fingerprint density at radius 3 is 3.00 bits per heavy atom. The topological polar surface area (TPSA) is 65.8 Å². The highest BCUT2D eigenvalue weighted by atomic mass is 79.9. The maximum Gasteiger partial charge on any atom is 0.254 e. The molecule has 0 radical (unpaired) electrons. The molecule has 22 heavy (non-hydrogen) atoms. The average molecular weight is 360 g/mol. The molecule has 2 unspecified atom stereocenters. The number of benzene rings is 1. The number of halogens is 1. The predicted octanol–water partition coefficient (Wildman–Crippen LogP) is 2.56. The molecule has 2 aliphatic heterocycles. The number of alkyl halides is 1. The van der Waals surface area contributed by atoms with E-state index >= 15 is 0 Å². The Labute approximate surface area is 136 Å². The molecule has 0 bridgehead atoms. The fourth-order valence-corrected chi connectivity index (χ4v) is 3.62. The van der Waals surface area contributed by atoms with E-state index in [4.69, 9.17) is 0 Å². The largest absolute Gasteiger partial charge is 0.619 e. The van der Waals surface area contributed by atoms with Crippen LogP contribution in [-0.4, -0.2) is 21.5 Å². The van der Waals surface area contributed by atoms with E-state index in [0.717, 1.165) is 11.1 Å². The molecule has 112 valence electrons. The highest BCUT2D eigenvalue weighted by Crippen LogP contribution is 2.43. The third kappa shape index (κ3) is 1.93. The van der Waals surface area contributed by atoms with E-state index in [9.17, 15) is 5.21 Å². The Morgan fingerprint density at radius 2 is 2.18 bits per heavy atom. The summed E-state index contributed by atoms with van der Waals surface area (Å²) in [6.45, 7) is 0.949. The van der Waals surface area contributed by atoms with E-state index in [0.29, 0.717) is 24.7 Å². The maximum absolute atomic E-state index is 13.7. The Hall–Kier alpha value is -1.96. The molecule has 7 heteroatoms. The quantitative estimate of drug-likeness (QED) is 0.508. The Morgan fingerprint density at radius 1 is 1.36 bits per heavy atom. The van der Waals surface area contributed by atoms with Gasteiger partial charge in [-0.2, -0.15) is 4.68 Å². The van der Waals surface area contributed by atoms with Crippen molar-refractivity contribution in [2.24, 2.45) is 0 Å². The number of aromatic nitrogens is 3. The molecule has 0 fully saturated rings. The fourth-order valence-electron chi connectivity index (χ4n) is 2.96. The van der Waals surface area contributed by atoms with E-state index in [1.165, 1.54) is 0 Å². The third-order valence-electron chi connectivity index (χ3n) is 3.96. The zero-order chi connectivity index (χ0) is 15.2. The molecule has 0 saturated carbocycles. The van der Waals surface area contributed by atoms with Crippen LogP contribution in [0.2, 0.25) is 0 Å². The first kappa shape index (κ1) is 13.7. The molecule has 0 saturated heterocycles. The van der Waals surface area contributed by atoms with Gasteiger partial charge in [-0.25, -0.2) is 0 Å². The van der Waals surface area contributed by atoms with E-state index < -0.39 is 4.65 Å². The van der Waals surface area contributed by atoms with E-state index in [-0.39, 0.29) is 4.95 Å². The van der Waals surface area contributed by atoms with Crippen molar-refractivity contribution >= 4 is 21.7 Å². The molecule has 0 amide bonds. The number of rotatable bonds is 2.